The zero-order chi connectivity index (χ0) is 18.0. The molecule has 1 aliphatic heterocycles. The van der Waals surface area contributed by atoms with Crippen LogP contribution in [0, 0.1) is 0 Å². The Morgan fingerprint density at radius 2 is 1.38 bits per heavy atom. The molecule has 1 atom stereocenters. The van der Waals surface area contributed by atoms with Gasteiger partial charge >= 0.3 is 12.5 Å². The van der Waals surface area contributed by atoms with E-state index in [4.69, 9.17) is 4.65 Å². The number of nitrogens with two attached hydrogens (primary N) is 1. The first-order valence-corrected chi connectivity index (χ1v) is 8.80. The minimum absolute atomic E-state index is 0.203. The number of aromatic hydroxyl groups is 1. The van der Waals surface area contributed by atoms with Crippen molar-refractivity contribution in [3.63, 3.8) is 0 Å². The molecule has 0 spiro atoms. The summed E-state index contributed by atoms with van der Waals surface area (Å²) >= 11 is 0. The summed E-state index contributed by atoms with van der Waals surface area (Å²) in [6.45, 7) is -1.70. The predicted molar refractivity (Wildman–Crippen MR) is 102 cm³/mol. The molecule has 0 amide bonds. The van der Waals surface area contributed by atoms with Crippen molar-refractivity contribution >= 4 is 23.4 Å². The van der Waals surface area contributed by atoms with Gasteiger partial charge in [-0.1, -0.05) is 83.7 Å². The maximum atomic E-state index is 12.7. The lowest BCUT2D eigenvalue weighted by molar-refractivity contribution is -0.548. The summed E-state index contributed by atoms with van der Waals surface area (Å²) in [6.07, 6.45) is 0.558. The van der Waals surface area contributed by atoms with E-state index in [9.17, 15) is 9.90 Å². The third-order valence-electron chi connectivity index (χ3n) is 5.09. The topological polar surface area (TPSA) is 63.1 Å². The smallest absolute Gasteiger partial charge is 0.441 e. The minimum Gasteiger partial charge on any atom is -0.628 e. The van der Waals surface area contributed by atoms with Crippen LogP contribution in [-0.2, 0) is 15.9 Å². The Hall–Kier alpha value is -3.05. The average molecular weight is 345 g/mol. The lowest BCUT2D eigenvalue weighted by Crippen LogP contribution is -3.08. The number of quaternary nitrogens is 1. The molecular weight excluding hydrogens is 325 g/mol. The summed E-state index contributed by atoms with van der Waals surface area (Å²) in [6, 6.07) is 26.5. The van der Waals surface area contributed by atoms with E-state index < -0.39 is 6.48 Å². The maximum absolute atomic E-state index is 12.7. The van der Waals surface area contributed by atoms with Gasteiger partial charge in [0.15, 0.2) is 0 Å². The van der Waals surface area contributed by atoms with E-state index in [1.807, 2.05) is 72.8 Å². The van der Waals surface area contributed by atoms with Gasteiger partial charge in [0.1, 0.15) is 11.8 Å². The van der Waals surface area contributed by atoms with E-state index in [0.717, 1.165) is 16.5 Å². The van der Waals surface area contributed by atoms with Crippen molar-refractivity contribution in [2.75, 3.05) is 0 Å². The molecule has 4 nitrogen and oxygen atoms in total. The van der Waals surface area contributed by atoms with Crippen molar-refractivity contribution in [2.24, 2.45) is 0 Å². The van der Waals surface area contributed by atoms with Crippen LogP contribution in [0.15, 0.2) is 84.9 Å². The first kappa shape index (κ1) is 16.4. The van der Waals surface area contributed by atoms with Gasteiger partial charge in [0.2, 0.25) is 0 Å². The van der Waals surface area contributed by atoms with E-state index in [0.29, 0.717) is 6.42 Å². The maximum Gasteiger partial charge on any atom is 0.441 e. The van der Waals surface area contributed by atoms with Gasteiger partial charge in [0, 0.05) is 6.42 Å². The lowest BCUT2D eigenvalue weighted by atomic mass is 9.42. The van der Waals surface area contributed by atoms with E-state index in [2.05, 4.69) is 5.23 Å². The molecule has 1 fully saturated rings. The van der Waals surface area contributed by atoms with Crippen LogP contribution in [0.2, 0.25) is 0 Å². The van der Waals surface area contributed by atoms with Crippen LogP contribution in [-0.4, -0.2) is 23.6 Å². The normalized spacial score (nSPS) is 18.5. The van der Waals surface area contributed by atoms with Crippen LogP contribution in [0.4, 0.5) is 0 Å². The zero-order valence-corrected chi connectivity index (χ0v) is 14.3. The van der Waals surface area contributed by atoms with Gasteiger partial charge in [-0.25, -0.2) is 4.79 Å². The monoisotopic (exact) mass is 345 g/mol. The minimum atomic E-state index is -1.70. The molecule has 0 saturated carbocycles. The number of rotatable bonds is 4. The van der Waals surface area contributed by atoms with Crippen LogP contribution < -0.4 is 16.2 Å². The first-order valence-electron chi connectivity index (χ1n) is 8.80. The van der Waals surface area contributed by atoms with Gasteiger partial charge in [0.25, 0.3) is 0 Å². The van der Waals surface area contributed by atoms with Gasteiger partial charge < -0.3 is 15.0 Å². The highest BCUT2D eigenvalue weighted by molar-refractivity contribution is 6.92. The molecule has 1 heterocycles. The van der Waals surface area contributed by atoms with Crippen molar-refractivity contribution in [1.82, 2.24) is 0 Å². The summed E-state index contributed by atoms with van der Waals surface area (Å²) < 4.78 is 6.05. The van der Waals surface area contributed by atoms with E-state index in [1.165, 1.54) is 0 Å². The van der Waals surface area contributed by atoms with Crippen molar-refractivity contribution in [1.29, 1.82) is 0 Å². The van der Waals surface area contributed by atoms with Crippen molar-refractivity contribution in [2.45, 2.75) is 12.5 Å². The van der Waals surface area contributed by atoms with Crippen LogP contribution in [0.5, 0.6) is 5.75 Å². The lowest BCUT2D eigenvalue weighted by Gasteiger charge is -2.31. The molecule has 1 unspecified atom stereocenters. The molecule has 0 radical (unpaired) electrons. The molecule has 4 rings (SSSR count). The Morgan fingerprint density at radius 1 is 0.846 bits per heavy atom. The molecule has 1 aliphatic rings. The van der Waals surface area contributed by atoms with Gasteiger partial charge in [-0.2, -0.15) is 0 Å². The number of hydrogen-bond donors (Lipinski definition) is 2. The number of phenols is 1. The van der Waals surface area contributed by atoms with Gasteiger partial charge in [0.05, 0.1) is 0 Å². The molecular formula is C21H20BNO3. The molecule has 0 aliphatic carbocycles. The molecule has 5 heteroatoms. The summed E-state index contributed by atoms with van der Waals surface area (Å²) in [5, 5.41) is 11.5. The Morgan fingerprint density at radius 3 is 1.92 bits per heavy atom. The molecule has 130 valence electrons. The van der Waals surface area contributed by atoms with E-state index in [-0.39, 0.29) is 17.8 Å². The summed E-state index contributed by atoms with van der Waals surface area (Å²) in [4.78, 5) is 12.7. The highest BCUT2D eigenvalue weighted by Gasteiger charge is 2.49. The van der Waals surface area contributed by atoms with Crippen LogP contribution in [0.1, 0.15) is 5.56 Å². The predicted octanol–water partition coefficient (Wildman–Crippen LogP) is 0.680. The van der Waals surface area contributed by atoms with Gasteiger partial charge in [-0.05, 0) is 17.7 Å². The van der Waals surface area contributed by atoms with Crippen molar-refractivity contribution in [3.8, 4) is 5.75 Å². The summed E-state index contributed by atoms with van der Waals surface area (Å²) in [5.41, 5.74) is 2.99. The Bertz CT molecular complexity index is 858. The fourth-order valence-corrected chi connectivity index (χ4v) is 3.78. The molecule has 1 saturated heterocycles. The fraction of sp³-hybridized carbons (Fsp3) is 0.0952. The third-order valence-corrected chi connectivity index (χ3v) is 5.09. The summed E-state index contributed by atoms with van der Waals surface area (Å²) in [5.74, 6) is 0.0182. The third kappa shape index (κ3) is 2.98. The van der Waals surface area contributed by atoms with E-state index >= 15 is 0 Å². The molecule has 0 aromatic heterocycles. The number of benzene rings is 3. The largest absolute Gasteiger partial charge is 0.628 e. The SMILES string of the molecule is O=C1O[B-](c2ccccc2)(c2ccccc2)[NH2+]C1Cc1ccc(O)cc1. The van der Waals surface area contributed by atoms with Gasteiger partial charge in [-0.3, -0.25) is 0 Å². The number of carbonyl (C=O) groups is 1. The van der Waals surface area contributed by atoms with Crippen molar-refractivity contribution in [3.05, 3.63) is 90.5 Å². The Kier molecular flexibility index (Phi) is 4.23. The molecule has 0 bridgehead atoms. The molecule has 3 N–H and O–H groups in total. The van der Waals surface area contributed by atoms with E-state index in [1.54, 1.807) is 12.1 Å². The average Bonchev–Trinajstić information content (AvgIpc) is 3.02. The highest BCUT2D eigenvalue weighted by atomic mass is 16.5. The zero-order valence-electron chi connectivity index (χ0n) is 14.3. The first-order chi connectivity index (χ1) is 12.7. The van der Waals surface area contributed by atoms with Crippen LogP contribution >= 0.6 is 0 Å². The Labute approximate surface area is 152 Å². The summed E-state index contributed by atoms with van der Waals surface area (Å²) in [7, 11) is 0. The quantitative estimate of drug-likeness (QED) is 0.684. The molecule has 3 aromatic carbocycles. The van der Waals surface area contributed by atoms with Crippen molar-refractivity contribution < 1.29 is 19.8 Å². The second-order valence-corrected chi connectivity index (χ2v) is 6.78. The highest BCUT2D eigenvalue weighted by Crippen LogP contribution is 2.14. The number of hydrogen-bond acceptors (Lipinski definition) is 3. The molecule has 26 heavy (non-hydrogen) atoms. The Balaban J connectivity index is 1.70. The van der Waals surface area contributed by atoms with Crippen LogP contribution in [0.25, 0.3) is 0 Å². The standard InChI is InChI=1S/C21H20BNO3/c24-19-13-11-16(12-14-19)15-20-21(25)26-22(23-20,17-7-3-1-4-8-17)18-9-5-2-6-10-18/h1-14,20,24H,15,23H2. The molecule has 3 aromatic rings. The second kappa shape index (κ2) is 6.69. The van der Waals surface area contributed by atoms with Crippen LogP contribution in [0.3, 0.4) is 0 Å². The number of carbonyl (C=O) groups excluding carboxylic acids is 1. The van der Waals surface area contributed by atoms with Gasteiger partial charge in [-0.15, -0.1) is 0 Å². The number of phenolic OH excluding ortho intramolecular Hbond substituents is 1. The fourth-order valence-electron chi connectivity index (χ4n) is 3.78. The second-order valence-electron chi connectivity index (χ2n) is 6.78.